The third-order valence-corrected chi connectivity index (χ3v) is 3.98. The minimum absolute atomic E-state index is 0.0603. The van der Waals surface area contributed by atoms with E-state index >= 15 is 0 Å². The molecule has 0 aromatic heterocycles. The molecular formula is C13H12F2N4O2S. The van der Waals surface area contributed by atoms with Crippen LogP contribution in [0.1, 0.15) is 0 Å². The molecule has 6 nitrogen and oxygen atoms in total. The number of halogens is 2. The van der Waals surface area contributed by atoms with Gasteiger partial charge in [-0.1, -0.05) is 12.1 Å². The largest absolute Gasteiger partial charge is 0.370 e. The van der Waals surface area contributed by atoms with Gasteiger partial charge >= 0.3 is 0 Å². The van der Waals surface area contributed by atoms with Crippen molar-refractivity contribution in [2.24, 2.45) is 16.5 Å². The van der Waals surface area contributed by atoms with Gasteiger partial charge in [0.2, 0.25) is 0 Å². The van der Waals surface area contributed by atoms with E-state index in [9.17, 15) is 17.2 Å². The van der Waals surface area contributed by atoms with Gasteiger partial charge in [0, 0.05) is 0 Å². The van der Waals surface area contributed by atoms with Gasteiger partial charge in [-0.05, 0) is 30.3 Å². The summed E-state index contributed by atoms with van der Waals surface area (Å²) in [7, 11) is -4.43. The number of anilines is 1. The van der Waals surface area contributed by atoms with Gasteiger partial charge < -0.3 is 11.5 Å². The molecule has 9 heteroatoms. The van der Waals surface area contributed by atoms with Crippen LogP contribution in [-0.4, -0.2) is 14.4 Å². The van der Waals surface area contributed by atoms with Gasteiger partial charge in [0.25, 0.3) is 10.0 Å². The molecule has 0 atom stereocenters. The number of rotatable bonds is 4. The first kappa shape index (κ1) is 15.7. The molecular weight excluding hydrogens is 314 g/mol. The predicted octanol–water partition coefficient (Wildman–Crippen LogP) is 1.67. The number of hydrogen-bond acceptors (Lipinski definition) is 3. The van der Waals surface area contributed by atoms with E-state index in [4.69, 9.17) is 11.5 Å². The Morgan fingerprint density at radius 3 is 2.23 bits per heavy atom. The maximum absolute atomic E-state index is 13.6. The second-order valence-electron chi connectivity index (χ2n) is 4.24. The molecule has 0 saturated heterocycles. The molecule has 0 fully saturated rings. The van der Waals surface area contributed by atoms with Crippen LogP contribution in [0.25, 0.3) is 0 Å². The van der Waals surface area contributed by atoms with Crippen molar-refractivity contribution in [3.05, 3.63) is 54.1 Å². The van der Waals surface area contributed by atoms with Gasteiger partial charge in [0.05, 0.1) is 11.4 Å². The summed E-state index contributed by atoms with van der Waals surface area (Å²) >= 11 is 0. The fourth-order valence-corrected chi connectivity index (χ4v) is 2.92. The highest BCUT2D eigenvalue weighted by Gasteiger charge is 2.23. The van der Waals surface area contributed by atoms with E-state index in [1.807, 2.05) is 0 Å². The number of nitrogens with one attached hydrogen (secondary N) is 1. The summed E-state index contributed by atoms with van der Waals surface area (Å²) in [4.78, 5) is 2.69. The molecule has 116 valence electrons. The van der Waals surface area contributed by atoms with Crippen LogP contribution in [0, 0.1) is 11.6 Å². The van der Waals surface area contributed by atoms with Crippen LogP contribution in [0.15, 0.2) is 52.4 Å². The first-order chi connectivity index (χ1) is 10.3. The molecule has 22 heavy (non-hydrogen) atoms. The molecule has 2 aromatic carbocycles. The second-order valence-corrected chi connectivity index (χ2v) is 5.86. The molecule has 0 spiro atoms. The van der Waals surface area contributed by atoms with E-state index < -0.39 is 26.6 Å². The first-order valence-electron chi connectivity index (χ1n) is 5.96. The number of hydrogen-bond donors (Lipinski definition) is 3. The van der Waals surface area contributed by atoms with Gasteiger partial charge in [-0.25, -0.2) is 22.2 Å². The first-order valence-corrected chi connectivity index (χ1v) is 7.44. The summed E-state index contributed by atoms with van der Waals surface area (Å²) in [6.07, 6.45) is 0. The SMILES string of the molecule is NC(N)=Nc1cccc(NS(=O)(=O)c2c(F)cccc2F)c1. The number of nitrogens with two attached hydrogens (primary N) is 2. The molecule has 0 unspecified atom stereocenters. The fraction of sp³-hybridized carbons (Fsp3) is 0. The maximum atomic E-state index is 13.6. The van der Waals surface area contributed by atoms with Crippen LogP contribution in [0.5, 0.6) is 0 Å². The van der Waals surface area contributed by atoms with Crippen molar-refractivity contribution in [3.8, 4) is 0 Å². The molecule has 2 rings (SSSR count). The summed E-state index contributed by atoms with van der Waals surface area (Å²) in [5.41, 5.74) is 10.8. The molecule has 0 aliphatic carbocycles. The van der Waals surface area contributed by atoms with Crippen LogP contribution in [0.3, 0.4) is 0 Å². The highest BCUT2D eigenvalue weighted by atomic mass is 32.2. The zero-order valence-electron chi connectivity index (χ0n) is 11.1. The lowest BCUT2D eigenvalue weighted by Gasteiger charge is -2.10. The Bertz CT molecular complexity index is 813. The van der Waals surface area contributed by atoms with Gasteiger partial charge in [0.15, 0.2) is 10.9 Å². The van der Waals surface area contributed by atoms with Crippen molar-refractivity contribution < 1.29 is 17.2 Å². The van der Waals surface area contributed by atoms with Crippen molar-refractivity contribution in [3.63, 3.8) is 0 Å². The smallest absolute Gasteiger partial charge is 0.267 e. The number of nitrogens with zero attached hydrogens (tertiary/aromatic N) is 1. The fourth-order valence-electron chi connectivity index (χ4n) is 1.73. The Morgan fingerprint density at radius 2 is 1.64 bits per heavy atom. The highest BCUT2D eigenvalue weighted by Crippen LogP contribution is 2.24. The van der Waals surface area contributed by atoms with E-state index in [0.29, 0.717) is 0 Å². The normalized spacial score (nSPS) is 11.0. The van der Waals surface area contributed by atoms with Gasteiger partial charge in [-0.2, -0.15) is 0 Å². The molecule has 0 heterocycles. The minimum Gasteiger partial charge on any atom is -0.370 e. The second kappa shape index (κ2) is 5.98. The van der Waals surface area contributed by atoms with Crippen molar-refractivity contribution in [2.75, 3.05) is 4.72 Å². The van der Waals surface area contributed by atoms with Crippen LogP contribution < -0.4 is 16.2 Å². The topological polar surface area (TPSA) is 111 Å². The molecule has 0 aliphatic rings. The van der Waals surface area contributed by atoms with Crippen molar-refractivity contribution >= 4 is 27.4 Å². The van der Waals surface area contributed by atoms with Gasteiger partial charge in [-0.15, -0.1) is 0 Å². The Kier molecular flexibility index (Phi) is 4.27. The van der Waals surface area contributed by atoms with Crippen molar-refractivity contribution in [1.82, 2.24) is 0 Å². The van der Waals surface area contributed by atoms with E-state index in [-0.39, 0.29) is 17.3 Å². The molecule has 0 saturated carbocycles. The van der Waals surface area contributed by atoms with Crippen LogP contribution in [0.2, 0.25) is 0 Å². The zero-order chi connectivity index (χ0) is 16.3. The summed E-state index contributed by atoms with van der Waals surface area (Å²) in [6.45, 7) is 0. The number of guanidine groups is 1. The average molecular weight is 326 g/mol. The van der Waals surface area contributed by atoms with Crippen LogP contribution in [-0.2, 0) is 10.0 Å². The third kappa shape index (κ3) is 3.50. The molecule has 0 amide bonds. The van der Waals surface area contributed by atoms with E-state index in [1.54, 1.807) is 0 Å². The van der Waals surface area contributed by atoms with E-state index in [1.165, 1.54) is 24.3 Å². The van der Waals surface area contributed by atoms with Gasteiger partial charge in [-0.3, -0.25) is 4.72 Å². The van der Waals surface area contributed by atoms with Crippen LogP contribution >= 0.6 is 0 Å². The lowest BCUT2D eigenvalue weighted by molar-refractivity contribution is 0.521. The van der Waals surface area contributed by atoms with Crippen molar-refractivity contribution in [2.45, 2.75) is 4.90 Å². The summed E-state index contributed by atoms with van der Waals surface area (Å²) in [6, 6.07) is 8.50. The Hall–Kier alpha value is -2.68. The third-order valence-electron chi connectivity index (χ3n) is 2.54. The number of aliphatic imine (C=N–C) groups is 1. The number of sulfonamides is 1. The Labute approximate surface area is 125 Å². The van der Waals surface area contributed by atoms with E-state index in [2.05, 4.69) is 9.71 Å². The minimum atomic E-state index is -4.43. The standard InChI is InChI=1S/C13H12F2N4O2S/c14-10-5-2-6-11(15)12(10)22(20,21)19-9-4-1-3-8(7-9)18-13(16)17/h1-7,19H,(H4,16,17,18). The highest BCUT2D eigenvalue weighted by molar-refractivity contribution is 7.92. The number of benzene rings is 2. The molecule has 2 aromatic rings. The monoisotopic (exact) mass is 326 g/mol. The average Bonchev–Trinajstić information content (AvgIpc) is 2.36. The molecule has 0 aliphatic heterocycles. The Morgan fingerprint density at radius 1 is 1.05 bits per heavy atom. The van der Waals surface area contributed by atoms with Gasteiger partial charge in [0.1, 0.15) is 11.6 Å². The molecule has 5 N–H and O–H groups in total. The lowest BCUT2D eigenvalue weighted by atomic mass is 10.3. The lowest BCUT2D eigenvalue weighted by Crippen LogP contribution is -2.21. The van der Waals surface area contributed by atoms with Crippen LogP contribution in [0.4, 0.5) is 20.2 Å². The molecule has 0 radical (unpaired) electrons. The summed E-state index contributed by atoms with van der Waals surface area (Å²) in [5, 5.41) is 0. The quantitative estimate of drug-likeness (QED) is 0.586. The van der Waals surface area contributed by atoms with E-state index in [0.717, 1.165) is 18.2 Å². The summed E-state index contributed by atoms with van der Waals surface area (Å²) < 4.78 is 53.4. The Balaban J connectivity index is 2.40. The summed E-state index contributed by atoms with van der Waals surface area (Å²) in [5.74, 6) is -2.58. The zero-order valence-corrected chi connectivity index (χ0v) is 11.9. The van der Waals surface area contributed by atoms with Crippen molar-refractivity contribution in [1.29, 1.82) is 0 Å². The maximum Gasteiger partial charge on any atom is 0.267 e. The predicted molar refractivity (Wildman–Crippen MR) is 79.1 cm³/mol. The molecule has 0 bridgehead atoms.